The van der Waals surface area contributed by atoms with E-state index in [0.717, 1.165) is 11.1 Å². The van der Waals surface area contributed by atoms with E-state index in [4.69, 9.17) is 0 Å². The topological polar surface area (TPSA) is 69.6 Å². The van der Waals surface area contributed by atoms with Crippen molar-refractivity contribution in [2.45, 2.75) is 19.3 Å². The lowest BCUT2D eigenvalue weighted by molar-refractivity contribution is 0.0949. The Bertz CT molecular complexity index is 625. The van der Waals surface area contributed by atoms with Crippen molar-refractivity contribution >= 4 is 5.91 Å². The van der Waals surface area contributed by atoms with Crippen LogP contribution < -0.4 is 5.32 Å². The summed E-state index contributed by atoms with van der Waals surface area (Å²) in [5, 5.41) is 21.7. The number of aliphatic hydroxyl groups is 1. The average molecular weight is 299 g/mol. The summed E-state index contributed by atoms with van der Waals surface area (Å²) in [5.74, 6) is -0.0500. The molecule has 4 heteroatoms. The molecule has 0 fully saturated rings. The smallest absolute Gasteiger partial charge is 0.251 e. The van der Waals surface area contributed by atoms with Crippen molar-refractivity contribution in [3.05, 3.63) is 65.2 Å². The van der Waals surface area contributed by atoms with Crippen LogP contribution in [0.25, 0.3) is 0 Å². The van der Waals surface area contributed by atoms with E-state index in [1.807, 2.05) is 30.3 Å². The molecule has 0 aliphatic heterocycles. The van der Waals surface area contributed by atoms with Crippen molar-refractivity contribution < 1.29 is 15.0 Å². The summed E-state index contributed by atoms with van der Waals surface area (Å²) >= 11 is 0. The molecule has 4 nitrogen and oxygen atoms in total. The number of aliphatic hydroxyl groups excluding tert-OH is 1. The molecule has 0 aliphatic rings. The first-order valence-electron chi connectivity index (χ1n) is 7.35. The Morgan fingerprint density at radius 2 is 1.91 bits per heavy atom. The van der Waals surface area contributed by atoms with Crippen LogP contribution in [0.1, 0.15) is 33.8 Å². The van der Waals surface area contributed by atoms with Gasteiger partial charge >= 0.3 is 0 Å². The van der Waals surface area contributed by atoms with Crippen molar-refractivity contribution in [3.63, 3.8) is 0 Å². The van der Waals surface area contributed by atoms with E-state index in [1.54, 1.807) is 19.1 Å². The van der Waals surface area contributed by atoms with Gasteiger partial charge in [-0.25, -0.2) is 0 Å². The molecule has 0 bridgehead atoms. The first-order valence-corrected chi connectivity index (χ1v) is 7.35. The van der Waals surface area contributed by atoms with Gasteiger partial charge in [0.05, 0.1) is 0 Å². The highest BCUT2D eigenvalue weighted by Gasteiger charge is 2.14. The minimum Gasteiger partial charge on any atom is -0.508 e. The summed E-state index contributed by atoms with van der Waals surface area (Å²) in [6.07, 6.45) is 0.587. The average Bonchev–Trinajstić information content (AvgIpc) is 2.54. The van der Waals surface area contributed by atoms with Gasteiger partial charge in [0.15, 0.2) is 0 Å². The number of rotatable bonds is 6. The Balaban J connectivity index is 2.02. The number of aryl methyl sites for hydroxylation is 1. The van der Waals surface area contributed by atoms with Crippen LogP contribution in [0.2, 0.25) is 0 Å². The number of amides is 1. The number of benzene rings is 2. The number of carbonyl (C=O) groups excluding carboxylic acids is 1. The summed E-state index contributed by atoms with van der Waals surface area (Å²) in [6, 6.07) is 14.7. The van der Waals surface area contributed by atoms with Gasteiger partial charge in [0.1, 0.15) is 5.75 Å². The lowest BCUT2D eigenvalue weighted by atomic mass is 9.96. The maximum atomic E-state index is 12.2. The van der Waals surface area contributed by atoms with E-state index in [0.29, 0.717) is 18.5 Å². The summed E-state index contributed by atoms with van der Waals surface area (Å²) in [4.78, 5) is 12.2. The molecule has 0 spiro atoms. The van der Waals surface area contributed by atoms with Gasteiger partial charge in [-0.05, 0) is 36.6 Å². The second-order valence-electron chi connectivity index (χ2n) is 5.33. The molecule has 116 valence electrons. The van der Waals surface area contributed by atoms with E-state index in [-0.39, 0.29) is 24.2 Å². The Hall–Kier alpha value is -2.33. The molecule has 0 aliphatic carbocycles. The van der Waals surface area contributed by atoms with Crippen molar-refractivity contribution in [1.82, 2.24) is 5.32 Å². The third-order valence-electron chi connectivity index (χ3n) is 3.73. The van der Waals surface area contributed by atoms with Gasteiger partial charge in [-0.15, -0.1) is 0 Å². The fourth-order valence-corrected chi connectivity index (χ4v) is 2.34. The molecule has 22 heavy (non-hydrogen) atoms. The SMILES string of the molecule is Cc1ccc(C(=O)NC[C@@H](CCO)c2ccccc2)cc1O. The molecule has 2 rings (SSSR count). The standard InChI is InChI=1S/C18H21NO3/c1-13-7-8-15(11-17(13)21)18(22)19-12-16(9-10-20)14-5-3-2-4-6-14/h2-8,11,16,20-21H,9-10,12H2,1H3,(H,19,22)/t16-/m1/s1. The highest BCUT2D eigenvalue weighted by Crippen LogP contribution is 2.20. The Morgan fingerprint density at radius 1 is 1.18 bits per heavy atom. The molecule has 0 aromatic heterocycles. The second-order valence-corrected chi connectivity index (χ2v) is 5.33. The van der Waals surface area contributed by atoms with Crippen molar-refractivity contribution in [2.75, 3.05) is 13.2 Å². The maximum Gasteiger partial charge on any atom is 0.251 e. The zero-order chi connectivity index (χ0) is 15.9. The number of hydrogen-bond acceptors (Lipinski definition) is 3. The van der Waals surface area contributed by atoms with Gasteiger partial charge in [-0.1, -0.05) is 36.4 Å². The van der Waals surface area contributed by atoms with E-state index in [1.165, 1.54) is 6.07 Å². The minimum atomic E-state index is -0.228. The quantitative estimate of drug-likeness (QED) is 0.768. The fraction of sp³-hybridized carbons (Fsp3) is 0.278. The molecule has 0 unspecified atom stereocenters. The van der Waals surface area contributed by atoms with Crippen LogP contribution in [0.5, 0.6) is 5.75 Å². The molecule has 0 saturated heterocycles. The molecular formula is C18H21NO3. The monoisotopic (exact) mass is 299 g/mol. The zero-order valence-electron chi connectivity index (χ0n) is 12.6. The summed E-state index contributed by atoms with van der Waals surface area (Å²) in [6.45, 7) is 2.29. The van der Waals surface area contributed by atoms with Crippen LogP contribution in [-0.4, -0.2) is 29.3 Å². The normalized spacial score (nSPS) is 11.9. The molecule has 2 aromatic rings. The van der Waals surface area contributed by atoms with Gasteiger partial charge in [0, 0.05) is 24.6 Å². The maximum absolute atomic E-state index is 12.2. The van der Waals surface area contributed by atoms with Crippen molar-refractivity contribution in [2.24, 2.45) is 0 Å². The lowest BCUT2D eigenvalue weighted by Crippen LogP contribution is -2.28. The van der Waals surface area contributed by atoms with E-state index >= 15 is 0 Å². The number of phenolic OH excluding ortho intramolecular Hbond substituents is 1. The van der Waals surface area contributed by atoms with Gasteiger partial charge in [-0.3, -0.25) is 4.79 Å². The zero-order valence-corrected chi connectivity index (χ0v) is 12.6. The van der Waals surface area contributed by atoms with Gasteiger partial charge < -0.3 is 15.5 Å². The largest absolute Gasteiger partial charge is 0.508 e. The van der Waals surface area contributed by atoms with E-state index in [2.05, 4.69) is 5.32 Å². The molecular weight excluding hydrogens is 278 g/mol. The fourth-order valence-electron chi connectivity index (χ4n) is 2.34. The second kappa shape index (κ2) is 7.61. The van der Waals surface area contributed by atoms with Crippen LogP contribution in [-0.2, 0) is 0 Å². The molecule has 1 amide bonds. The summed E-state index contributed by atoms with van der Waals surface area (Å²) < 4.78 is 0. The van der Waals surface area contributed by atoms with Gasteiger partial charge in [-0.2, -0.15) is 0 Å². The van der Waals surface area contributed by atoms with Crippen LogP contribution in [0.4, 0.5) is 0 Å². The van der Waals surface area contributed by atoms with Crippen LogP contribution in [0, 0.1) is 6.92 Å². The number of hydrogen-bond donors (Lipinski definition) is 3. The lowest BCUT2D eigenvalue weighted by Gasteiger charge is -2.17. The van der Waals surface area contributed by atoms with Gasteiger partial charge in [0.25, 0.3) is 5.91 Å². The Morgan fingerprint density at radius 3 is 2.55 bits per heavy atom. The third kappa shape index (κ3) is 4.09. The summed E-state index contributed by atoms with van der Waals surface area (Å²) in [5.41, 5.74) is 2.25. The number of carbonyl (C=O) groups is 1. The van der Waals surface area contributed by atoms with Crippen molar-refractivity contribution in [1.29, 1.82) is 0 Å². The van der Waals surface area contributed by atoms with Crippen LogP contribution in [0.3, 0.4) is 0 Å². The van der Waals surface area contributed by atoms with Crippen LogP contribution >= 0.6 is 0 Å². The minimum absolute atomic E-state index is 0.0641. The number of aromatic hydroxyl groups is 1. The third-order valence-corrected chi connectivity index (χ3v) is 3.73. The first-order chi connectivity index (χ1) is 10.6. The van der Waals surface area contributed by atoms with Gasteiger partial charge in [0.2, 0.25) is 0 Å². The highest BCUT2D eigenvalue weighted by atomic mass is 16.3. The summed E-state index contributed by atoms with van der Waals surface area (Å²) in [7, 11) is 0. The Labute approximate surface area is 130 Å². The highest BCUT2D eigenvalue weighted by molar-refractivity contribution is 5.94. The predicted octanol–water partition coefficient (Wildman–Crippen LogP) is 2.60. The molecule has 0 saturated carbocycles. The van der Waals surface area contributed by atoms with Crippen LogP contribution in [0.15, 0.2) is 48.5 Å². The molecule has 1 atom stereocenters. The Kier molecular flexibility index (Phi) is 5.55. The van der Waals surface area contributed by atoms with Crippen molar-refractivity contribution in [3.8, 4) is 5.75 Å². The molecule has 2 aromatic carbocycles. The van der Waals surface area contributed by atoms with E-state index in [9.17, 15) is 15.0 Å². The molecule has 0 heterocycles. The number of phenols is 1. The first kappa shape index (κ1) is 16.0. The predicted molar refractivity (Wildman–Crippen MR) is 86.1 cm³/mol. The molecule has 3 N–H and O–H groups in total. The number of nitrogens with one attached hydrogen (secondary N) is 1. The van der Waals surface area contributed by atoms with E-state index < -0.39 is 0 Å². The molecule has 0 radical (unpaired) electrons.